The van der Waals surface area contributed by atoms with E-state index in [0.29, 0.717) is 23.8 Å². The maximum absolute atomic E-state index is 12.6. The zero-order valence-corrected chi connectivity index (χ0v) is 18.7. The Hall–Kier alpha value is -2.98. The molecule has 1 aromatic carbocycles. The zero-order valence-electron chi connectivity index (χ0n) is 17.0. The number of carbonyl (C=O) groups is 1. The highest BCUT2D eigenvalue weighted by Gasteiger charge is 2.15. The summed E-state index contributed by atoms with van der Waals surface area (Å²) in [5.41, 5.74) is 2.37. The number of nitrogens with zero attached hydrogens (tertiary/aromatic N) is 2. The summed E-state index contributed by atoms with van der Waals surface area (Å²) >= 11 is 3.08. The lowest BCUT2D eigenvalue weighted by Gasteiger charge is -2.14. The van der Waals surface area contributed by atoms with Gasteiger partial charge in [-0.05, 0) is 24.6 Å². The highest BCUT2D eigenvalue weighted by molar-refractivity contribution is 8.00. The number of carbonyl (C=O) groups excluding carboxylic acids is 1. The van der Waals surface area contributed by atoms with Crippen molar-refractivity contribution in [3.8, 4) is 17.2 Å². The number of fused-ring (bicyclic) bond motifs is 1. The summed E-state index contributed by atoms with van der Waals surface area (Å²) in [7, 11) is 1.44. The van der Waals surface area contributed by atoms with E-state index in [-0.39, 0.29) is 30.4 Å². The second-order valence-electron chi connectivity index (χ2n) is 6.83. The fraction of sp³-hybridized carbons (Fsp3) is 0.286. The minimum Gasteiger partial charge on any atom is -0.491 e. The molecule has 0 spiro atoms. The number of hydrogen-bond donors (Lipinski definition) is 1. The highest BCUT2D eigenvalue weighted by atomic mass is 32.2. The normalized spacial score (nSPS) is 12.1. The number of aromatic nitrogens is 2. The fourth-order valence-corrected chi connectivity index (χ4v) is 4.86. The summed E-state index contributed by atoms with van der Waals surface area (Å²) in [5.74, 6) is 1.91. The number of methoxy groups -OCH3 is 1. The van der Waals surface area contributed by atoms with Gasteiger partial charge in [-0.2, -0.15) is 0 Å². The van der Waals surface area contributed by atoms with Crippen LogP contribution in [0.3, 0.4) is 0 Å². The number of pyridine rings is 1. The third-order valence-corrected chi connectivity index (χ3v) is 6.76. The Morgan fingerprint density at radius 2 is 2.16 bits per heavy atom. The Morgan fingerprint density at radius 3 is 2.94 bits per heavy atom. The maximum atomic E-state index is 12.6. The van der Waals surface area contributed by atoms with Gasteiger partial charge in [0.15, 0.2) is 17.2 Å². The lowest BCUT2D eigenvalue weighted by molar-refractivity contribution is -0.121. The largest absolute Gasteiger partial charge is 0.491 e. The highest BCUT2D eigenvalue weighted by Crippen LogP contribution is 2.32. The van der Waals surface area contributed by atoms with Crippen molar-refractivity contribution in [3.63, 3.8) is 0 Å². The summed E-state index contributed by atoms with van der Waals surface area (Å²) in [6.07, 6.45) is 1.57. The second kappa shape index (κ2) is 9.44. The SMILES string of the molecule is COc1cn(CC(=O)NCc2ccc3c(c2)OCO3)c(CSc2nc(C)cs2)cc1=O. The summed E-state index contributed by atoms with van der Waals surface area (Å²) < 4.78 is 18.5. The molecule has 8 nitrogen and oxygen atoms in total. The van der Waals surface area contributed by atoms with Gasteiger partial charge in [-0.15, -0.1) is 11.3 Å². The molecule has 1 amide bonds. The van der Waals surface area contributed by atoms with Crippen LogP contribution in [-0.4, -0.2) is 29.4 Å². The van der Waals surface area contributed by atoms with Gasteiger partial charge >= 0.3 is 0 Å². The van der Waals surface area contributed by atoms with Crippen LogP contribution in [0, 0.1) is 6.92 Å². The molecule has 3 aromatic rings. The molecule has 0 bridgehead atoms. The van der Waals surface area contributed by atoms with Gasteiger partial charge in [0.2, 0.25) is 18.1 Å². The van der Waals surface area contributed by atoms with E-state index in [0.717, 1.165) is 21.3 Å². The predicted octanol–water partition coefficient (Wildman–Crippen LogP) is 2.96. The Morgan fingerprint density at radius 1 is 1.32 bits per heavy atom. The summed E-state index contributed by atoms with van der Waals surface area (Å²) in [6, 6.07) is 7.07. The molecule has 1 N–H and O–H groups in total. The number of hydrogen-bond acceptors (Lipinski definition) is 8. The molecule has 0 aliphatic carbocycles. The molecular formula is C21H21N3O5S2. The first-order chi connectivity index (χ1) is 15.0. The van der Waals surface area contributed by atoms with Crippen LogP contribution < -0.4 is 25.0 Å². The van der Waals surface area contributed by atoms with E-state index in [1.54, 1.807) is 22.1 Å². The van der Waals surface area contributed by atoms with Gasteiger partial charge in [0.1, 0.15) is 10.9 Å². The quantitative estimate of drug-likeness (QED) is 0.518. The van der Waals surface area contributed by atoms with Crippen molar-refractivity contribution in [2.75, 3.05) is 13.9 Å². The zero-order chi connectivity index (χ0) is 21.8. The molecule has 0 unspecified atom stereocenters. The van der Waals surface area contributed by atoms with Crippen LogP contribution in [0.25, 0.3) is 0 Å². The standard InChI is InChI=1S/C21H21N3O5S2/c1-13-10-30-21(23-13)31-11-15-6-16(25)19(27-2)8-24(15)9-20(26)22-7-14-3-4-17-18(5-14)29-12-28-17/h3-6,8,10H,7,9,11-12H2,1-2H3,(H,22,26). The van der Waals surface area contributed by atoms with Gasteiger partial charge in [0, 0.05) is 35.1 Å². The summed E-state index contributed by atoms with van der Waals surface area (Å²) in [5, 5.41) is 4.88. The Bertz CT molecular complexity index is 1160. The summed E-state index contributed by atoms with van der Waals surface area (Å²) in [6.45, 7) is 2.57. The number of amides is 1. The lowest BCUT2D eigenvalue weighted by atomic mass is 10.2. The molecule has 4 rings (SSSR count). The van der Waals surface area contributed by atoms with Gasteiger partial charge in [0.25, 0.3) is 0 Å². The molecule has 0 fully saturated rings. The van der Waals surface area contributed by atoms with E-state index in [4.69, 9.17) is 14.2 Å². The third-order valence-electron chi connectivity index (χ3n) is 4.58. The van der Waals surface area contributed by atoms with Crippen LogP contribution in [0.15, 0.2) is 45.0 Å². The first-order valence-corrected chi connectivity index (χ1v) is 11.4. The molecule has 0 saturated heterocycles. The fourth-order valence-electron chi connectivity index (χ4n) is 3.02. The second-order valence-corrected chi connectivity index (χ2v) is 8.91. The molecule has 3 heterocycles. The van der Waals surface area contributed by atoms with Gasteiger partial charge in [-0.1, -0.05) is 17.8 Å². The van der Waals surface area contributed by atoms with E-state index in [1.165, 1.54) is 24.9 Å². The number of aryl methyl sites for hydroxylation is 1. The monoisotopic (exact) mass is 459 g/mol. The molecule has 1 aliphatic rings. The van der Waals surface area contributed by atoms with Gasteiger partial charge in [-0.25, -0.2) is 4.98 Å². The van der Waals surface area contributed by atoms with Crippen LogP contribution in [0.5, 0.6) is 17.2 Å². The van der Waals surface area contributed by atoms with Crippen LogP contribution in [0.2, 0.25) is 0 Å². The topological polar surface area (TPSA) is 91.7 Å². The van der Waals surface area contributed by atoms with E-state index in [2.05, 4.69) is 10.3 Å². The minimum atomic E-state index is -0.217. The van der Waals surface area contributed by atoms with Crippen molar-refractivity contribution >= 4 is 29.0 Å². The molecule has 31 heavy (non-hydrogen) atoms. The average Bonchev–Trinajstić information content (AvgIpc) is 3.40. The molecule has 0 radical (unpaired) electrons. The molecule has 10 heteroatoms. The van der Waals surface area contributed by atoms with Crippen LogP contribution in [-0.2, 0) is 23.6 Å². The smallest absolute Gasteiger partial charge is 0.240 e. The Balaban J connectivity index is 1.44. The Kier molecular flexibility index (Phi) is 6.47. The van der Waals surface area contributed by atoms with Gasteiger partial charge in [0.05, 0.1) is 13.3 Å². The van der Waals surface area contributed by atoms with Crippen LogP contribution >= 0.6 is 23.1 Å². The van der Waals surface area contributed by atoms with Crippen molar-refractivity contribution in [1.29, 1.82) is 0 Å². The van der Waals surface area contributed by atoms with Crippen molar-refractivity contribution in [2.24, 2.45) is 0 Å². The van der Waals surface area contributed by atoms with Gasteiger partial charge in [-0.3, -0.25) is 9.59 Å². The van der Waals surface area contributed by atoms with E-state index < -0.39 is 0 Å². The molecule has 0 atom stereocenters. The lowest BCUT2D eigenvalue weighted by Crippen LogP contribution is -2.28. The Labute approximate surface area is 187 Å². The number of rotatable bonds is 8. The molecule has 0 saturated carbocycles. The van der Waals surface area contributed by atoms with Crippen molar-refractivity contribution in [2.45, 2.75) is 30.1 Å². The maximum Gasteiger partial charge on any atom is 0.240 e. The van der Waals surface area contributed by atoms with Crippen LogP contribution in [0.4, 0.5) is 0 Å². The minimum absolute atomic E-state index is 0.0635. The van der Waals surface area contributed by atoms with Crippen LogP contribution in [0.1, 0.15) is 17.0 Å². The predicted molar refractivity (Wildman–Crippen MR) is 118 cm³/mol. The van der Waals surface area contributed by atoms with Crippen molar-refractivity contribution in [3.05, 3.63) is 63.0 Å². The number of thiazole rings is 1. The first kappa shape index (κ1) is 21.3. The third kappa shape index (κ3) is 5.20. The summed E-state index contributed by atoms with van der Waals surface area (Å²) in [4.78, 5) is 29.3. The molecule has 1 aliphatic heterocycles. The van der Waals surface area contributed by atoms with E-state index in [9.17, 15) is 9.59 Å². The number of thioether (sulfide) groups is 1. The van der Waals surface area contributed by atoms with E-state index >= 15 is 0 Å². The number of ether oxygens (including phenoxy) is 3. The molecular weight excluding hydrogens is 438 g/mol. The molecule has 2 aromatic heterocycles. The number of nitrogens with one attached hydrogen (secondary N) is 1. The van der Waals surface area contributed by atoms with Gasteiger partial charge < -0.3 is 24.1 Å². The van der Waals surface area contributed by atoms with Crippen molar-refractivity contribution in [1.82, 2.24) is 14.9 Å². The average molecular weight is 460 g/mol. The van der Waals surface area contributed by atoms with Crippen molar-refractivity contribution < 1.29 is 19.0 Å². The molecule has 162 valence electrons. The van der Waals surface area contributed by atoms with E-state index in [1.807, 2.05) is 30.5 Å². The first-order valence-electron chi connectivity index (χ1n) is 9.49. The number of benzene rings is 1.